The summed E-state index contributed by atoms with van der Waals surface area (Å²) < 4.78 is 0.864. The van der Waals surface area contributed by atoms with Crippen LogP contribution in [0.15, 0.2) is 22.7 Å². The number of hydrogen-bond acceptors (Lipinski definition) is 2. The van der Waals surface area contributed by atoms with E-state index in [4.69, 9.17) is 11.6 Å². The minimum Gasteiger partial charge on any atom is -0.387 e. The first-order valence-electron chi connectivity index (χ1n) is 6.53. The van der Waals surface area contributed by atoms with Gasteiger partial charge in [-0.1, -0.05) is 47.3 Å². The molecule has 0 saturated heterocycles. The lowest BCUT2D eigenvalue weighted by Gasteiger charge is -2.38. The summed E-state index contributed by atoms with van der Waals surface area (Å²) in [6.07, 6.45) is 2.75. The van der Waals surface area contributed by atoms with Gasteiger partial charge in [-0.15, -0.1) is 0 Å². The van der Waals surface area contributed by atoms with Gasteiger partial charge in [-0.25, -0.2) is 0 Å². The first-order chi connectivity index (χ1) is 8.98. The van der Waals surface area contributed by atoms with Gasteiger partial charge >= 0.3 is 0 Å². The molecule has 19 heavy (non-hydrogen) atoms. The molecular weight excluding hydrogens is 326 g/mol. The van der Waals surface area contributed by atoms with Crippen LogP contribution in [-0.2, 0) is 0 Å². The maximum atomic E-state index is 10.7. The molecule has 1 aliphatic rings. The molecule has 1 aromatic rings. The van der Waals surface area contributed by atoms with E-state index in [1.807, 2.05) is 12.1 Å². The third-order valence-corrected chi connectivity index (χ3v) is 4.87. The van der Waals surface area contributed by atoms with Crippen LogP contribution in [-0.4, -0.2) is 5.11 Å². The van der Waals surface area contributed by atoms with Gasteiger partial charge < -0.3 is 5.11 Å². The molecule has 102 valence electrons. The molecule has 4 heteroatoms. The molecule has 1 saturated carbocycles. The van der Waals surface area contributed by atoms with Gasteiger partial charge in [-0.2, -0.15) is 5.26 Å². The minimum absolute atomic E-state index is 0.467. The van der Waals surface area contributed by atoms with Gasteiger partial charge in [-0.3, -0.25) is 0 Å². The maximum Gasteiger partial charge on any atom is 0.0991 e. The lowest BCUT2D eigenvalue weighted by molar-refractivity contribution is 0.0220. The molecule has 0 bridgehead atoms. The van der Waals surface area contributed by atoms with Crippen LogP contribution in [0.5, 0.6) is 0 Å². The van der Waals surface area contributed by atoms with E-state index in [1.165, 1.54) is 0 Å². The molecule has 0 aliphatic heterocycles. The average molecular weight is 343 g/mol. The van der Waals surface area contributed by atoms with Gasteiger partial charge in [0.15, 0.2) is 0 Å². The molecule has 3 unspecified atom stereocenters. The zero-order chi connectivity index (χ0) is 14.0. The van der Waals surface area contributed by atoms with Gasteiger partial charge in [0.2, 0.25) is 0 Å². The zero-order valence-corrected chi connectivity index (χ0v) is 13.2. The molecule has 0 spiro atoms. The van der Waals surface area contributed by atoms with Gasteiger partial charge in [0.05, 0.1) is 17.6 Å². The predicted molar refractivity (Wildman–Crippen MR) is 79.8 cm³/mol. The van der Waals surface area contributed by atoms with Crippen LogP contribution in [0, 0.1) is 22.7 Å². The van der Waals surface area contributed by atoms with Crippen molar-refractivity contribution in [1.29, 1.82) is 5.26 Å². The Morgan fingerprint density at radius 1 is 1.58 bits per heavy atom. The molecule has 0 radical (unpaired) electrons. The Morgan fingerprint density at radius 2 is 2.32 bits per heavy atom. The molecule has 3 atom stereocenters. The largest absolute Gasteiger partial charge is 0.387 e. The van der Waals surface area contributed by atoms with Crippen LogP contribution in [0.4, 0.5) is 0 Å². The van der Waals surface area contributed by atoms with E-state index >= 15 is 0 Å². The number of aliphatic hydroxyl groups excluding tert-OH is 1. The fourth-order valence-corrected chi connectivity index (χ4v) is 3.62. The van der Waals surface area contributed by atoms with Crippen molar-refractivity contribution in [2.24, 2.45) is 11.3 Å². The van der Waals surface area contributed by atoms with Crippen LogP contribution in [0.2, 0.25) is 5.02 Å². The summed E-state index contributed by atoms with van der Waals surface area (Å²) in [4.78, 5) is 0. The highest BCUT2D eigenvalue weighted by Gasteiger charge is 2.43. The summed E-state index contributed by atoms with van der Waals surface area (Å²) in [7, 11) is 0. The Morgan fingerprint density at radius 3 is 2.95 bits per heavy atom. The van der Waals surface area contributed by atoms with Crippen molar-refractivity contribution in [3.8, 4) is 6.07 Å². The van der Waals surface area contributed by atoms with E-state index < -0.39 is 11.5 Å². The highest BCUT2D eigenvalue weighted by atomic mass is 79.9. The Kier molecular flexibility index (Phi) is 4.55. The molecule has 2 rings (SSSR count). The molecule has 0 heterocycles. The van der Waals surface area contributed by atoms with Crippen LogP contribution in [0.25, 0.3) is 0 Å². The zero-order valence-electron chi connectivity index (χ0n) is 10.9. The van der Waals surface area contributed by atoms with E-state index in [2.05, 4.69) is 28.9 Å². The SMILES string of the molecule is CC1CCCC(C#N)(C(O)c2cc(Br)ccc2Cl)C1. The normalized spacial score (nSPS) is 28.7. The number of rotatable bonds is 2. The van der Waals surface area contributed by atoms with Crippen LogP contribution >= 0.6 is 27.5 Å². The molecule has 1 N–H and O–H groups in total. The maximum absolute atomic E-state index is 10.7. The second-order valence-corrected chi connectivity index (χ2v) is 6.86. The van der Waals surface area contributed by atoms with Crippen molar-refractivity contribution in [1.82, 2.24) is 0 Å². The summed E-state index contributed by atoms with van der Waals surface area (Å²) in [5, 5.41) is 20.8. The van der Waals surface area contributed by atoms with E-state index in [1.54, 1.807) is 6.07 Å². The van der Waals surface area contributed by atoms with Gasteiger partial charge in [0.1, 0.15) is 0 Å². The van der Waals surface area contributed by atoms with Crippen LogP contribution < -0.4 is 0 Å². The molecule has 1 fully saturated rings. The Labute approximate surface area is 127 Å². The third-order valence-electron chi connectivity index (χ3n) is 4.03. The topological polar surface area (TPSA) is 44.0 Å². The fourth-order valence-electron chi connectivity index (χ4n) is 3.02. The quantitative estimate of drug-likeness (QED) is 0.834. The van der Waals surface area contributed by atoms with E-state index in [0.29, 0.717) is 16.5 Å². The predicted octanol–water partition coefficient (Wildman–Crippen LogP) is 4.86. The molecule has 1 aliphatic carbocycles. The summed E-state index contributed by atoms with van der Waals surface area (Å²) in [5.41, 5.74) is -0.0612. The first-order valence-corrected chi connectivity index (χ1v) is 7.70. The molecular formula is C15H17BrClNO. The first kappa shape index (κ1) is 14.8. The van der Waals surface area contributed by atoms with Gasteiger partial charge in [-0.05, 0) is 37.0 Å². The van der Waals surface area contributed by atoms with Crippen molar-refractivity contribution in [2.45, 2.75) is 38.7 Å². The minimum atomic E-state index is -0.828. The third kappa shape index (κ3) is 2.97. The molecule has 0 amide bonds. The number of nitriles is 1. The highest BCUT2D eigenvalue weighted by molar-refractivity contribution is 9.10. The second-order valence-electron chi connectivity index (χ2n) is 5.54. The van der Waals surface area contributed by atoms with Crippen molar-refractivity contribution >= 4 is 27.5 Å². The van der Waals surface area contributed by atoms with E-state index in [9.17, 15) is 10.4 Å². The standard InChI is InChI=1S/C15H17BrClNO/c1-10-3-2-6-15(8-10,9-18)14(19)12-7-11(16)4-5-13(12)17/h4-5,7,10,14,19H,2-3,6,8H2,1H3. The Bertz CT molecular complexity index is 513. The van der Waals surface area contributed by atoms with Crippen molar-refractivity contribution in [2.75, 3.05) is 0 Å². The Hall–Kier alpha value is -0.560. The molecule has 1 aromatic carbocycles. The molecule has 0 aromatic heterocycles. The second kappa shape index (κ2) is 5.83. The Balaban J connectivity index is 2.38. The van der Waals surface area contributed by atoms with Crippen LogP contribution in [0.3, 0.4) is 0 Å². The molecule has 2 nitrogen and oxygen atoms in total. The van der Waals surface area contributed by atoms with Crippen molar-refractivity contribution < 1.29 is 5.11 Å². The van der Waals surface area contributed by atoms with Gasteiger partial charge in [0.25, 0.3) is 0 Å². The fraction of sp³-hybridized carbons (Fsp3) is 0.533. The number of aliphatic hydroxyl groups is 1. The summed E-state index contributed by atoms with van der Waals surface area (Å²) in [6, 6.07) is 7.77. The van der Waals surface area contributed by atoms with Gasteiger partial charge in [0, 0.05) is 15.1 Å². The van der Waals surface area contributed by atoms with Crippen molar-refractivity contribution in [3.63, 3.8) is 0 Å². The monoisotopic (exact) mass is 341 g/mol. The smallest absolute Gasteiger partial charge is 0.0991 e. The summed E-state index contributed by atoms with van der Waals surface area (Å²) in [6.45, 7) is 2.14. The van der Waals surface area contributed by atoms with E-state index in [-0.39, 0.29) is 0 Å². The lowest BCUT2D eigenvalue weighted by atomic mass is 9.66. The highest BCUT2D eigenvalue weighted by Crippen LogP contribution is 2.48. The number of halogens is 2. The van der Waals surface area contributed by atoms with Crippen molar-refractivity contribution in [3.05, 3.63) is 33.3 Å². The average Bonchev–Trinajstić information content (AvgIpc) is 2.40. The lowest BCUT2D eigenvalue weighted by Crippen LogP contribution is -2.33. The number of hydrogen-bond donors (Lipinski definition) is 1. The summed E-state index contributed by atoms with van der Waals surface area (Å²) >= 11 is 9.56. The number of benzene rings is 1. The summed E-state index contributed by atoms with van der Waals surface area (Å²) in [5.74, 6) is 0.467. The van der Waals surface area contributed by atoms with E-state index in [0.717, 1.165) is 30.2 Å². The number of nitrogens with zero attached hydrogens (tertiary/aromatic N) is 1. The van der Waals surface area contributed by atoms with Crippen LogP contribution in [0.1, 0.15) is 44.3 Å².